The van der Waals surface area contributed by atoms with Gasteiger partial charge < -0.3 is 0 Å². The predicted molar refractivity (Wildman–Crippen MR) is 204 cm³/mol. The number of hydrogen-bond acceptors (Lipinski definition) is 4. The lowest BCUT2D eigenvalue weighted by Gasteiger charge is -2.34. The van der Waals surface area contributed by atoms with Gasteiger partial charge in [0.25, 0.3) is 0 Å². The predicted octanol–water partition coefficient (Wildman–Crippen LogP) is 10.8. The third kappa shape index (κ3) is 5.12. The molecule has 1 atom stereocenters. The molecular weight excluding hydrogens is 621 g/mol. The molecule has 51 heavy (non-hydrogen) atoms. The summed E-state index contributed by atoms with van der Waals surface area (Å²) in [5.74, 6) is 1.81. The quantitative estimate of drug-likeness (QED) is 0.180. The van der Waals surface area contributed by atoms with Crippen LogP contribution < -0.4 is 0 Å². The Morgan fingerprint density at radius 3 is 1.59 bits per heavy atom. The van der Waals surface area contributed by atoms with Crippen molar-refractivity contribution >= 4 is 0 Å². The summed E-state index contributed by atoms with van der Waals surface area (Å²) in [7, 11) is 0. The summed E-state index contributed by atoms with van der Waals surface area (Å²) in [5.41, 5.74) is 11.7. The van der Waals surface area contributed by atoms with E-state index in [0.717, 1.165) is 50.1 Å². The second kappa shape index (κ2) is 12.5. The number of hydrogen-bond donors (Lipinski definition) is 0. The van der Waals surface area contributed by atoms with Crippen LogP contribution in [0.25, 0.3) is 56.4 Å². The topological polar surface area (TPSA) is 62.5 Å². The molecule has 8 aromatic rings. The lowest BCUT2D eigenvalue weighted by Crippen LogP contribution is -2.28. The average Bonchev–Trinajstić information content (AvgIpc) is 3.52. The molecule has 1 aliphatic rings. The van der Waals surface area contributed by atoms with E-state index in [0.29, 0.717) is 23.0 Å². The highest BCUT2D eigenvalue weighted by atomic mass is 15.0. The molecule has 4 nitrogen and oxygen atoms in total. The first-order chi connectivity index (χ1) is 25.2. The van der Waals surface area contributed by atoms with Crippen molar-refractivity contribution in [2.75, 3.05) is 0 Å². The minimum atomic E-state index is -0.668. The standard InChI is InChI=1S/C47H30N4/c48-31-32-26-27-41-40-24-10-11-25-42(40)47(43(41)28-32,38-21-8-3-9-22-38)39-23-13-20-37(30-39)46-50-44(34-16-6-2-7-17-34)49-45(51-46)36-19-12-18-35(29-36)33-14-4-1-5-15-33/h1-30H. The largest absolute Gasteiger partial charge is 0.208 e. The van der Waals surface area contributed by atoms with Gasteiger partial charge in [0.15, 0.2) is 17.5 Å². The molecule has 0 saturated heterocycles. The molecule has 0 radical (unpaired) electrons. The van der Waals surface area contributed by atoms with E-state index < -0.39 is 5.41 Å². The van der Waals surface area contributed by atoms with Crippen LogP contribution in [0, 0.1) is 11.3 Å². The lowest BCUT2D eigenvalue weighted by molar-refractivity contribution is 0.768. The molecule has 1 aliphatic carbocycles. The van der Waals surface area contributed by atoms with Gasteiger partial charge >= 0.3 is 0 Å². The Balaban J connectivity index is 1.27. The second-order valence-electron chi connectivity index (χ2n) is 12.7. The van der Waals surface area contributed by atoms with E-state index in [-0.39, 0.29) is 0 Å². The van der Waals surface area contributed by atoms with E-state index in [1.54, 1.807) is 0 Å². The highest BCUT2D eigenvalue weighted by Gasteiger charge is 2.46. The molecule has 0 saturated carbocycles. The van der Waals surface area contributed by atoms with E-state index in [1.165, 1.54) is 11.1 Å². The van der Waals surface area contributed by atoms with E-state index in [1.807, 2.05) is 60.7 Å². The third-order valence-electron chi connectivity index (χ3n) is 9.83. The summed E-state index contributed by atoms with van der Waals surface area (Å²) >= 11 is 0. The van der Waals surface area contributed by atoms with Gasteiger partial charge in [0, 0.05) is 16.7 Å². The summed E-state index contributed by atoms with van der Waals surface area (Å²) < 4.78 is 0. The van der Waals surface area contributed by atoms with Crippen LogP contribution in [0.2, 0.25) is 0 Å². The molecule has 1 heterocycles. The number of aromatic nitrogens is 3. The molecule has 1 unspecified atom stereocenters. The molecule has 9 rings (SSSR count). The molecule has 4 heteroatoms. The maximum absolute atomic E-state index is 10.0. The molecule has 0 fully saturated rings. The van der Waals surface area contributed by atoms with Crippen molar-refractivity contribution in [1.29, 1.82) is 5.26 Å². The molecule has 238 valence electrons. The maximum Gasteiger partial charge on any atom is 0.164 e. The van der Waals surface area contributed by atoms with Crippen molar-refractivity contribution in [2.24, 2.45) is 0 Å². The number of fused-ring (bicyclic) bond motifs is 3. The summed E-state index contributed by atoms with van der Waals surface area (Å²) in [6.45, 7) is 0. The number of nitriles is 1. The maximum atomic E-state index is 10.0. The van der Waals surface area contributed by atoms with Crippen molar-refractivity contribution in [1.82, 2.24) is 15.0 Å². The lowest BCUT2D eigenvalue weighted by atomic mass is 9.67. The zero-order chi connectivity index (χ0) is 34.2. The number of benzene rings is 7. The fraction of sp³-hybridized carbons (Fsp3) is 0.0213. The van der Waals surface area contributed by atoms with Crippen molar-refractivity contribution in [2.45, 2.75) is 5.41 Å². The molecule has 0 N–H and O–H groups in total. The SMILES string of the molecule is N#Cc1ccc2c(c1)C(c1ccccc1)(c1cccc(-c3nc(-c4ccccc4)nc(-c4cccc(-c5ccccc5)c4)n3)c1)c1ccccc1-2. The van der Waals surface area contributed by atoms with Gasteiger partial charge in [0.2, 0.25) is 0 Å². The Hall–Kier alpha value is -6.96. The smallest absolute Gasteiger partial charge is 0.164 e. The van der Waals surface area contributed by atoms with E-state index in [9.17, 15) is 5.26 Å². The van der Waals surface area contributed by atoms with Gasteiger partial charge in [0.1, 0.15) is 0 Å². The normalized spacial score (nSPS) is 14.3. The number of nitrogens with zero attached hydrogens (tertiary/aromatic N) is 4. The minimum absolute atomic E-state index is 0.589. The Morgan fingerprint density at radius 1 is 0.373 bits per heavy atom. The van der Waals surface area contributed by atoms with E-state index >= 15 is 0 Å². The van der Waals surface area contributed by atoms with E-state index in [4.69, 9.17) is 15.0 Å². The second-order valence-corrected chi connectivity index (χ2v) is 12.7. The van der Waals surface area contributed by atoms with Crippen molar-refractivity contribution in [3.05, 3.63) is 210 Å². The average molecular weight is 651 g/mol. The monoisotopic (exact) mass is 650 g/mol. The van der Waals surface area contributed by atoms with Crippen LogP contribution in [0.4, 0.5) is 0 Å². The molecule has 0 amide bonds. The molecule has 1 aromatic heterocycles. The fourth-order valence-electron chi connectivity index (χ4n) is 7.54. The minimum Gasteiger partial charge on any atom is -0.208 e. The molecule has 7 aromatic carbocycles. The highest BCUT2D eigenvalue weighted by Crippen LogP contribution is 2.56. The van der Waals surface area contributed by atoms with Crippen molar-refractivity contribution in [3.63, 3.8) is 0 Å². The van der Waals surface area contributed by atoms with Crippen LogP contribution in [0.3, 0.4) is 0 Å². The van der Waals surface area contributed by atoms with Crippen LogP contribution in [0.15, 0.2) is 182 Å². The van der Waals surface area contributed by atoms with Crippen LogP contribution in [-0.4, -0.2) is 15.0 Å². The van der Waals surface area contributed by atoms with Crippen LogP contribution in [-0.2, 0) is 5.41 Å². The van der Waals surface area contributed by atoms with Crippen LogP contribution in [0.5, 0.6) is 0 Å². The fourth-order valence-corrected chi connectivity index (χ4v) is 7.54. The first-order valence-corrected chi connectivity index (χ1v) is 17.0. The summed E-state index contributed by atoms with van der Waals surface area (Å²) in [5, 5.41) is 10.0. The Bertz CT molecular complexity index is 2590. The van der Waals surface area contributed by atoms with Gasteiger partial charge in [-0.25, -0.2) is 15.0 Å². The summed E-state index contributed by atoms with van der Waals surface area (Å²) in [4.78, 5) is 15.3. The Labute approximate surface area is 297 Å². The summed E-state index contributed by atoms with van der Waals surface area (Å²) in [6.07, 6.45) is 0. The summed E-state index contributed by atoms with van der Waals surface area (Å²) in [6, 6.07) is 65.0. The number of rotatable bonds is 6. The zero-order valence-electron chi connectivity index (χ0n) is 27.6. The van der Waals surface area contributed by atoms with Gasteiger partial charge in [-0.3, -0.25) is 0 Å². The molecule has 0 aliphatic heterocycles. The van der Waals surface area contributed by atoms with Crippen molar-refractivity contribution in [3.8, 4) is 62.5 Å². The third-order valence-corrected chi connectivity index (χ3v) is 9.83. The molecule has 0 bridgehead atoms. The first kappa shape index (κ1) is 30.1. The van der Waals surface area contributed by atoms with E-state index in [2.05, 4.69) is 127 Å². The first-order valence-electron chi connectivity index (χ1n) is 17.0. The van der Waals surface area contributed by atoms with Crippen LogP contribution >= 0.6 is 0 Å². The Morgan fingerprint density at radius 2 is 0.882 bits per heavy atom. The Kier molecular flexibility index (Phi) is 7.38. The van der Waals surface area contributed by atoms with Gasteiger partial charge in [-0.05, 0) is 68.8 Å². The van der Waals surface area contributed by atoms with Gasteiger partial charge in [-0.2, -0.15) is 5.26 Å². The van der Waals surface area contributed by atoms with Gasteiger partial charge in [-0.15, -0.1) is 0 Å². The van der Waals surface area contributed by atoms with Crippen molar-refractivity contribution < 1.29 is 0 Å². The van der Waals surface area contributed by atoms with Gasteiger partial charge in [-0.1, -0.05) is 158 Å². The molecule has 0 spiro atoms. The van der Waals surface area contributed by atoms with Gasteiger partial charge in [0.05, 0.1) is 17.0 Å². The molecular formula is C47H30N4. The van der Waals surface area contributed by atoms with Crippen LogP contribution in [0.1, 0.15) is 27.8 Å². The highest BCUT2D eigenvalue weighted by molar-refractivity contribution is 5.87. The zero-order valence-corrected chi connectivity index (χ0v) is 27.6.